The molecule has 0 amide bonds. The van der Waals surface area contributed by atoms with Gasteiger partial charge in [0.05, 0.1) is 0 Å². The Morgan fingerprint density at radius 2 is 1.31 bits per heavy atom. The second kappa shape index (κ2) is 6.84. The molecule has 0 aliphatic rings. The average Bonchev–Trinajstić information content (AvgIpc) is 1.98. The van der Waals surface area contributed by atoms with Crippen LogP contribution < -0.4 is 0 Å². The Hall–Kier alpha value is -0.640. The van der Waals surface area contributed by atoms with Gasteiger partial charge in [-0.2, -0.15) is 0 Å². The smallest absolute Gasteiger partial charge is 0.00720 e. The molecular weight excluding hydrogens is 233 g/mol. The Balaban J connectivity index is -0.000000563. The Bertz CT molecular complexity index is 330. The summed E-state index contributed by atoms with van der Waals surface area (Å²) < 4.78 is 0. The molecule has 0 saturated heterocycles. The first-order chi connectivity index (χ1) is 5.84. The van der Waals surface area contributed by atoms with Crippen LogP contribution in [0.3, 0.4) is 0 Å². The lowest BCUT2D eigenvalue weighted by molar-refractivity contribution is 0.584. The van der Waals surface area contributed by atoms with Crippen LogP contribution in [-0.4, -0.2) is 0 Å². The summed E-state index contributed by atoms with van der Waals surface area (Å²) in [6, 6.07) is 4.27. The van der Waals surface area contributed by atoms with Crippen molar-refractivity contribution in [2.45, 2.75) is 44.9 Å². The maximum atomic E-state index is 4.41. The molecule has 1 aromatic rings. The molecule has 96 valence electrons. The first-order valence-corrected chi connectivity index (χ1v) is 5.08. The highest BCUT2D eigenvalue weighted by molar-refractivity contribution is 7.80. The maximum Gasteiger partial charge on any atom is 0.00720 e. The van der Waals surface area contributed by atoms with Crippen molar-refractivity contribution in [1.82, 2.24) is 0 Å². The van der Waals surface area contributed by atoms with Crippen LogP contribution in [0.25, 0.3) is 0 Å². The number of rotatable bonds is 0. The lowest BCUT2D eigenvalue weighted by Gasteiger charge is -2.23. The van der Waals surface area contributed by atoms with Crippen LogP contribution in [0, 0.1) is 13.8 Å². The van der Waals surface area contributed by atoms with E-state index >= 15 is 0 Å². The highest BCUT2D eigenvalue weighted by Crippen LogP contribution is 2.29. The van der Waals surface area contributed by atoms with Gasteiger partial charge in [-0.25, -0.2) is 0 Å². The van der Waals surface area contributed by atoms with Crippen LogP contribution in [0.2, 0.25) is 0 Å². The molecule has 0 aromatic heterocycles. The largest absolute Gasteiger partial charge is 0.269 e. The summed E-state index contributed by atoms with van der Waals surface area (Å²) in [6.45, 7) is 11.0. The van der Waals surface area contributed by atoms with E-state index in [0.717, 1.165) is 4.90 Å². The zero-order valence-corrected chi connectivity index (χ0v) is 11.2. The van der Waals surface area contributed by atoms with Gasteiger partial charge in [0.15, 0.2) is 0 Å². The van der Waals surface area contributed by atoms with Gasteiger partial charge < -0.3 is 0 Å². The normalized spacial score (nSPS) is 9.62. The van der Waals surface area contributed by atoms with Crippen molar-refractivity contribution in [3.63, 3.8) is 0 Å². The molecule has 0 fully saturated rings. The molecule has 0 bridgehead atoms. The van der Waals surface area contributed by atoms with E-state index in [0.29, 0.717) is 0 Å². The van der Waals surface area contributed by atoms with E-state index in [1.165, 1.54) is 16.7 Å². The standard InChI is InChI=1S/C12H18S.3FH/c1-8-9(2)11(13)7-6-10(8)12(3,4)5;;;/h6-7,13H,1-5H3;3*1H. The highest BCUT2D eigenvalue weighted by Gasteiger charge is 2.17. The van der Waals surface area contributed by atoms with E-state index < -0.39 is 0 Å². The summed E-state index contributed by atoms with van der Waals surface area (Å²) in [5.74, 6) is 0. The minimum absolute atomic E-state index is 0. The van der Waals surface area contributed by atoms with Crippen LogP contribution in [0.4, 0.5) is 14.1 Å². The molecular formula is C12H21F3S. The summed E-state index contributed by atoms with van der Waals surface area (Å²) in [5.41, 5.74) is 4.33. The quantitative estimate of drug-likeness (QED) is 0.654. The van der Waals surface area contributed by atoms with Crippen molar-refractivity contribution < 1.29 is 14.1 Å². The van der Waals surface area contributed by atoms with Gasteiger partial charge in [-0.3, -0.25) is 14.1 Å². The van der Waals surface area contributed by atoms with E-state index in [9.17, 15) is 0 Å². The molecule has 4 heteroatoms. The van der Waals surface area contributed by atoms with Crippen LogP contribution >= 0.6 is 12.6 Å². The van der Waals surface area contributed by atoms with Crippen molar-refractivity contribution in [1.29, 1.82) is 0 Å². The molecule has 0 unspecified atom stereocenters. The summed E-state index contributed by atoms with van der Waals surface area (Å²) in [6.07, 6.45) is 0. The average molecular weight is 254 g/mol. The number of hydrogen-bond donors (Lipinski definition) is 1. The van der Waals surface area contributed by atoms with Crippen molar-refractivity contribution in [2.75, 3.05) is 0 Å². The molecule has 0 aliphatic heterocycles. The summed E-state index contributed by atoms with van der Waals surface area (Å²) >= 11 is 4.41. The van der Waals surface area contributed by atoms with Gasteiger partial charge in [-0.05, 0) is 42.0 Å². The lowest BCUT2D eigenvalue weighted by Crippen LogP contribution is -2.13. The minimum atomic E-state index is 0. The van der Waals surface area contributed by atoms with Gasteiger partial charge in [0.1, 0.15) is 0 Å². The van der Waals surface area contributed by atoms with Gasteiger partial charge >= 0.3 is 0 Å². The summed E-state index contributed by atoms with van der Waals surface area (Å²) in [7, 11) is 0. The third kappa shape index (κ3) is 4.08. The molecule has 1 aromatic carbocycles. The van der Waals surface area contributed by atoms with Crippen LogP contribution in [0.15, 0.2) is 17.0 Å². The summed E-state index contributed by atoms with van der Waals surface area (Å²) in [5, 5.41) is 0. The number of halogens is 3. The Morgan fingerprint density at radius 1 is 0.875 bits per heavy atom. The van der Waals surface area contributed by atoms with E-state index in [2.05, 4.69) is 59.4 Å². The first kappa shape index (κ1) is 20.7. The van der Waals surface area contributed by atoms with Gasteiger partial charge in [-0.1, -0.05) is 26.8 Å². The predicted molar refractivity (Wildman–Crippen MR) is 69.4 cm³/mol. The Labute approximate surface area is 101 Å². The lowest BCUT2D eigenvalue weighted by atomic mass is 9.83. The topological polar surface area (TPSA) is 0 Å². The van der Waals surface area contributed by atoms with Gasteiger partial charge in [0, 0.05) is 4.90 Å². The summed E-state index contributed by atoms with van der Waals surface area (Å²) in [4.78, 5) is 1.09. The molecule has 1 rings (SSSR count). The molecule has 0 heterocycles. The van der Waals surface area contributed by atoms with Crippen molar-refractivity contribution in [2.24, 2.45) is 0 Å². The van der Waals surface area contributed by atoms with Gasteiger partial charge in [0.2, 0.25) is 0 Å². The van der Waals surface area contributed by atoms with Gasteiger partial charge in [-0.15, -0.1) is 12.6 Å². The molecule has 0 N–H and O–H groups in total. The van der Waals surface area contributed by atoms with E-state index in [1.54, 1.807) is 0 Å². The Morgan fingerprint density at radius 3 is 1.69 bits per heavy atom. The third-order valence-corrected chi connectivity index (χ3v) is 3.05. The Kier molecular flexibility index (Phi) is 8.86. The second-order valence-electron chi connectivity index (χ2n) is 4.63. The molecule has 0 aliphatic carbocycles. The second-order valence-corrected chi connectivity index (χ2v) is 5.11. The molecule has 16 heavy (non-hydrogen) atoms. The van der Waals surface area contributed by atoms with E-state index in [1.807, 2.05) is 0 Å². The molecule has 0 atom stereocenters. The van der Waals surface area contributed by atoms with Crippen molar-refractivity contribution in [3.8, 4) is 0 Å². The fourth-order valence-electron chi connectivity index (χ4n) is 1.62. The molecule has 0 nitrogen and oxygen atoms in total. The molecule has 0 spiro atoms. The van der Waals surface area contributed by atoms with Gasteiger partial charge in [0.25, 0.3) is 0 Å². The maximum absolute atomic E-state index is 4.41. The fraction of sp³-hybridized carbons (Fsp3) is 0.500. The number of benzene rings is 1. The fourth-order valence-corrected chi connectivity index (χ4v) is 1.86. The molecule has 0 saturated carbocycles. The zero-order valence-electron chi connectivity index (χ0n) is 10.3. The van der Waals surface area contributed by atoms with Crippen molar-refractivity contribution in [3.05, 3.63) is 28.8 Å². The monoisotopic (exact) mass is 254 g/mol. The predicted octanol–water partition coefficient (Wildman–Crippen LogP) is 4.35. The van der Waals surface area contributed by atoms with E-state index in [-0.39, 0.29) is 19.5 Å². The van der Waals surface area contributed by atoms with Crippen molar-refractivity contribution >= 4 is 12.6 Å². The molecule has 0 radical (unpaired) electrons. The first-order valence-electron chi connectivity index (χ1n) is 4.63. The van der Waals surface area contributed by atoms with Crippen LogP contribution in [0.5, 0.6) is 0 Å². The number of hydrogen-bond acceptors (Lipinski definition) is 1. The number of thiol groups is 1. The third-order valence-electron chi connectivity index (χ3n) is 2.57. The zero-order chi connectivity index (χ0) is 10.2. The minimum Gasteiger partial charge on any atom is -0.269 e. The van der Waals surface area contributed by atoms with E-state index in [4.69, 9.17) is 0 Å². The van der Waals surface area contributed by atoms with Crippen LogP contribution in [-0.2, 0) is 5.41 Å². The SMILES string of the molecule is Cc1c(S)ccc(C(C)(C)C)c1C.F.F.F. The van der Waals surface area contributed by atoms with Crippen LogP contribution in [0.1, 0.15) is 37.5 Å². The highest BCUT2D eigenvalue weighted by atomic mass is 32.1.